The van der Waals surface area contributed by atoms with Gasteiger partial charge in [0.1, 0.15) is 18.1 Å². The van der Waals surface area contributed by atoms with Gasteiger partial charge in [-0.2, -0.15) is 12.6 Å². The Morgan fingerprint density at radius 3 is 2.22 bits per heavy atom. The highest BCUT2D eigenvalue weighted by atomic mass is 32.1. The van der Waals surface area contributed by atoms with Crippen LogP contribution in [-0.2, 0) is 32.0 Å². The molecule has 3 amide bonds. The van der Waals surface area contributed by atoms with E-state index in [-0.39, 0.29) is 25.1 Å². The molecule has 2 aromatic rings. The minimum atomic E-state index is -1.21. The Morgan fingerprint density at radius 2 is 1.66 bits per heavy atom. The van der Waals surface area contributed by atoms with Crippen LogP contribution >= 0.6 is 12.6 Å². The number of nitrogens with zero attached hydrogens (tertiary/aromatic N) is 1. The molecule has 1 aromatic heterocycles. The van der Waals surface area contributed by atoms with Gasteiger partial charge < -0.3 is 31.8 Å². The van der Waals surface area contributed by atoms with Crippen LogP contribution in [0, 0.1) is 0 Å². The lowest BCUT2D eigenvalue weighted by atomic mass is 10.1. The third-order valence-corrected chi connectivity index (χ3v) is 4.89. The predicted octanol–water partition coefficient (Wildman–Crippen LogP) is -1.38. The maximum absolute atomic E-state index is 12.8. The molecule has 0 saturated carbocycles. The zero-order valence-electron chi connectivity index (χ0n) is 17.2. The third-order valence-electron chi connectivity index (χ3n) is 4.53. The number of aliphatic carboxylic acids is 1. The molecule has 172 valence electrons. The summed E-state index contributed by atoms with van der Waals surface area (Å²) in [5, 5.41) is 16.9. The summed E-state index contributed by atoms with van der Waals surface area (Å²) in [6, 6.07) is 5.49. The number of amides is 3. The van der Waals surface area contributed by atoms with Gasteiger partial charge in [0.25, 0.3) is 0 Å². The first kappa shape index (κ1) is 24.9. The van der Waals surface area contributed by atoms with Crippen LogP contribution in [0.25, 0.3) is 0 Å². The molecule has 2 rings (SSSR count). The van der Waals surface area contributed by atoms with E-state index in [1.165, 1.54) is 12.5 Å². The van der Waals surface area contributed by atoms with Gasteiger partial charge in [0.15, 0.2) is 0 Å². The van der Waals surface area contributed by atoms with E-state index in [1.54, 1.807) is 30.3 Å². The SMILES string of the molecule is NCC(=O)NC(Cc1cnc[nH]1)C(=O)NC(CS)C(=O)NC(Cc1ccccc1)C(=O)O. The molecular weight excluding hydrogens is 436 g/mol. The third kappa shape index (κ3) is 7.71. The van der Waals surface area contributed by atoms with E-state index in [2.05, 4.69) is 38.5 Å². The van der Waals surface area contributed by atoms with Gasteiger partial charge >= 0.3 is 5.97 Å². The number of rotatable bonds is 12. The van der Waals surface area contributed by atoms with Gasteiger partial charge in [0.2, 0.25) is 17.7 Å². The Balaban J connectivity index is 2.05. The van der Waals surface area contributed by atoms with Crippen LogP contribution in [0.3, 0.4) is 0 Å². The second-order valence-corrected chi connectivity index (χ2v) is 7.30. The number of carboxylic acids is 1. The predicted molar refractivity (Wildman–Crippen MR) is 119 cm³/mol. The van der Waals surface area contributed by atoms with E-state index in [4.69, 9.17) is 5.73 Å². The molecule has 0 fully saturated rings. The van der Waals surface area contributed by atoms with Crippen molar-refractivity contribution >= 4 is 36.3 Å². The highest BCUT2D eigenvalue weighted by Crippen LogP contribution is 2.05. The molecular formula is C20H26N6O5S. The van der Waals surface area contributed by atoms with Gasteiger partial charge in [0.05, 0.1) is 12.9 Å². The number of benzene rings is 1. The van der Waals surface area contributed by atoms with Crippen molar-refractivity contribution < 1.29 is 24.3 Å². The topological polar surface area (TPSA) is 179 Å². The molecule has 0 aliphatic carbocycles. The first-order chi connectivity index (χ1) is 15.3. The number of aromatic nitrogens is 2. The lowest BCUT2D eigenvalue weighted by Gasteiger charge is -2.23. The molecule has 1 aromatic carbocycles. The number of carbonyl (C=O) groups excluding carboxylic acids is 3. The van der Waals surface area contributed by atoms with Crippen LogP contribution in [0.5, 0.6) is 0 Å². The normalized spacial score (nSPS) is 13.4. The Kier molecular flexibility index (Phi) is 9.70. The number of nitrogens with one attached hydrogen (secondary N) is 4. The Hall–Kier alpha value is -3.38. The second-order valence-electron chi connectivity index (χ2n) is 6.94. The summed E-state index contributed by atoms with van der Waals surface area (Å²) in [7, 11) is 0. The van der Waals surface area contributed by atoms with Crippen molar-refractivity contribution in [2.45, 2.75) is 31.0 Å². The maximum Gasteiger partial charge on any atom is 0.326 e. The molecule has 0 saturated heterocycles. The van der Waals surface area contributed by atoms with Gasteiger partial charge in [-0.1, -0.05) is 30.3 Å². The largest absolute Gasteiger partial charge is 0.480 e. The van der Waals surface area contributed by atoms with Crippen molar-refractivity contribution in [3.8, 4) is 0 Å². The number of nitrogens with two attached hydrogens (primary N) is 1. The van der Waals surface area contributed by atoms with Crippen LogP contribution in [0.1, 0.15) is 11.3 Å². The average molecular weight is 463 g/mol. The number of imidazole rings is 1. The monoisotopic (exact) mass is 462 g/mol. The van der Waals surface area contributed by atoms with E-state index in [0.717, 1.165) is 5.56 Å². The number of thiol groups is 1. The molecule has 11 nitrogen and oxygen atoms in total. The Labute approximate surface area is 190 Å². The molecule has 32 heavy (non-hydrogen) atoms. The van der Waals surface area contributed by atoms with E-state index in [9.17, 15) is 24.3 Å². The fraction of sp³-hybridized carbons (Fsp3) is 0.350. The molecule has 3 unspecified atom stereocenters. The second kappa shape index (κ2) is 12.5. The zero-order chi connectivity index (χ0) is 23.5. The van der Waals surface area contributed by atoms with Crippen molar-refractivity contribution in [2.75, 3.05) is 12.3 Å². The quantitative estimate of drug-likeness (QED) is 0.190. The van der Waals surface area contributed by atoms with Crippen LogP contribution in [0.2, 0.25) is 0 Å². The standard InChI is InChI=1S/C20H26N6O5S/c21-8-17(27)24-14(7-13-9-22-11-23-13)18(28)26-16(10-32)19(29)25-15(20(30)31)6-12-4-2-1-3-5-12/h1-5,9,11,14-16,32H,6-8,10,21H2,(H,22,23)(H,24,27)(H,25,29)(H,26,28)(H,30,31). The van der Waals surface area contributed by atoms with Gasteiger partial charge in [0, 0.05) is 30.5 Å². The lowest BCUT2D eigenvalue weighted by molar-refractivity contribution is -0.142. The van der Waals surface area contributed by atoms with E-state index in [1.807, 2.05) is 0 Å². The molecule has 0 spiro atoms. The number of hydrogen-bond donors (Lipinski definition) is 7. The molecule has 7 N–H and O–H groups in total. The number of aromatic amines is 1. The molecule has 0 bridgehead atoms. The smallest absolute Gasteiger partial charge is 0.326 e. The first-order valence-electron chi connectivity index (χ1n) is 9.79. The fourth-order valence-electron chi connectivity index (χ4n) is 2.87. The highest BCUT2D eigenvalue weighted by molar-refractivity contribution is 7.80. The van der Waals surface area contributed by atoms with Gasteiger partial charge in [-0.25, -0.2) is 9.78 Å². The number of hydrogen-bond acceptors (Lipinski definition) is 7. The fourth-order valence-corrected chi connectivity index (χ4v) is 3.12. The highest BCUT2D eigenvalue weighted by Gasteiger charge is 2.29. The summed E-state index contributed by atoms with van der Waals surface area (Å²) < 4.78 is 0. The Morgan fingerprint density at radius 1 is 1.00 bits per heavy atom. The number of carboxylic acid groups (broad SMARTS) is 1. The van der Waals surface area contributed by atoms with Crippen molar-refractivity contribution in [3.63, 3.8) is 0 Å². The molecule has 1 heterocycles. The zero-order valence-corrected chi connectivity index (χ0v) is 18.0. The van der Waals surface area contributed by atoms with Gasteiger partial charge in [-0.3, -0.25) is 14.4 Å². The molecule has 3 atom stereocenters. The summed E-state index contributed by atoms with van der Waals surface area (Å²) >= 11 is 4.10. The van der Waals surface area contributed by atoms with Crippen molar-refractivity contribution in [2.24, 2.45) is 5.73 Å². The van der Waals surface area contributed by atoms with Crippen LogP contribution < -0.4 is 21.7 Å². The minimum Gasteiger partial charge on any atom is -0.480 e. The number of H-pyrrole nitrogens is 1. The molecule has 12 heteroatoms. The van der Waals surface area contributed by atoms with Crippen molar-refractivity contribution in [3.05, 3.63) is 54.1 Å². The summed E-state index contributed by atoms with van der Waals surface area (Å²) in [5.74, 6) is -3.20. The lowest BCUT2D eigenvalue weighted by Crippen LogP contribution is -2.57. The van der Waals surface area contributed by atoms with E-state index >= 15 is 0 Å². The number of carbonyl (C=O) groups is 4. The van der Waals surface area contributed by atoms with E-state index < -0.39 is 41.8 Å². The van der Waals surface area contributed by atoms with Crippen LogP contribution in [0.15, 0.2) is 42.9 Å². The first-order valence-corrected chi connectivity index (χ1v) is 10.4. The van der Waals surface area contributed by atoms with E-state index in [0.29, 0.717) is 5.69 Å². The summed E-state index contributed by atoms with van der Waals surface area (Å²) in [5.41, 5.74) is 6.64. The molecule has 0 aliphatic heterocycles. The van der Waals surface area contributed by atoms with Gasteiger partial charge in [-0.05, 0) is 5.56 Å². The molecule has 0 radical (unpaired) electrons. The van der Waals surface area contributed by atoms with Crippen molar-refractivity contribution in [1.82, 2.24) is 25.9 Å². The minimum absolute atomic E-state index is 0.0736. The summed E-state index contributed by atoms with van der Waals surface area (Å²) in [6.07, 6.45) is 3.09. The summed E-state index contributed by atoms with van der Waals surface area (Å²) in [6.45, 7) is -0.316. The van der Waals surface area contributed by atoms with Crippen LogP contribution in [-0.4, -0.2) is 69.2 Å². The van der Waals surface area contributed by atoms with Crippen LogP contribution in [0.4, 0.5) is 0 Å². The average Bonchev–Trinajstić information content (AvgIpc) is 3.29. The Bertz CT molecular complexity index is 908. The van der Waals surface area contributed by atoms with Crippen molar-refractivity contribution in [1.29, 1.82) is 0 Å². The maximum atomic E-state index is 12.8. The van der Waals surface area contributed by atoms with Gasteiger partial charge in [-0.15, -0.1) is 0 Å². The molecule has 0 aliphatic rings. The summed E-state index contributed by atoms with van der Waals surface area (Å²) in [4.78, 5) is 55.5.